The molecular weight excluding hydrogens is 394 g/mol. The Balaban J connectivity index is 1.18. The molecule has 0 unspecified atom stereocenters. The van der Waals surface area contributed by atoms with Crippen LogP contribution in [0.5, 0.6) is 5.75 Å². The van der Waals surface area contributed by atoms with E-state index in [1.165, 1.54) is 6.42 Å². The molecule has 3 fully saturated rings. The number of nitrogens with one attached hydrogen (secondary N) is 1. The predicted octanol–water partition coefficient (Wildman–Crippen LogP) is 2.04. The number of hydrogen-bond acceptors (Lipinski definition) is 5. The van der Waals surface area contributed by atoms with Crippen molar-refractivity contribution >= 4 is 11.8 Å². The van der Waals surface area contributed by atoms with E-state index >= 15 is 0 Å². The first-order valence-electron chi connectivity index (χ1n) is 11.8. The molecule has 0 bridgehead atoms. The van der Waals surface area contributed by atoms with Gasteiger partial charge in [-0.15, -0.1) is 0 Å². The van der Waals surface area contributed by atoms with Gasteiger partial charge >= 0.3 is 0 Å². The quantitative estimate of drug-likeness (QED) is 0.661. The summed E-state index contributed by atoms with van der Waals surface area (Å²) in [6, 6.07) is 7.52. The molecule has 1 aromatic carbocycles. The van der Waals surface area contributed by atoms with Crippen LogP contribution in [0, 0.1) is 5.92 Å². The van der Waals surface area contributed by atoms with Gasteiger partial charge in [0.2, 0.25) is 5.91 Å². The number of carbonyl (C=O) groups excluding carboxylic acids is 2. The van der Waals surface area contributed by atoms with Crippen LogP contribution in [0.25, 0.3) is 0 Å². The molecule has 2 saturated heterocycles. The highest BCUT2D eigenvalue weighted by molar-refractivity contribution is 5.94. The zero-order valence-corrected chi connectivity index (χ0v) is 18.3. The Bertz CT molecular complexity index is 742. The summed E-state index contributed by atoms with van der Waals surface area (Å²) in [6.45, 7) is 4.06. The van der Waals surface area contributed by atoms with Gasteiger partial charge in [0.25, 0.3) is 5.91 Å². The second-order valence-electron chi connectivity index (χ2n) is 9.07. The van der Waals surface area contributed by atoms with Crippen LogP contribution in [0.4, 0.5) is 0 Å². The molecule has 7 nitrogen and oxygen atoms in total. The lowest BCUT2D eigenvalue weighted by atomic mass is 10.0. The number of piperidine rings is 2. The molecule has 0 aromatic heterocycles. The first kappa shape index (κ1) is 22.1. The number of rotatable bonds is 8. The Morgan fingerprint density at radius 2 is 1.74 bits per heavy atom. The molecule has 0 radical (unpaired) electrons. The van der Waals surface area contributed by atoms with Crippen LogP contribution in [-0.2, 0) is 4.79 Å². The van der Waals surface area contributed by atoms with E-state index in [0.717, 1.165) is 70.5 Å². The SMILES string of the molecule is O=C(NCCN1CCCC[C@@H]1CO)c1ccc(OC2CCN(C(=O)C3CC3)CC2)cc1. The monoisotopic (exact) mass is 429 g/mol. The molecule has 31 heavy (non-hydrogen) atoms. The zero-order valence-electron chi connectivity index (χ0n) is 18.3. The van der Waals surface area contributed by atoms with Gasteiger partial charge in [0, 0.05) is 56.5 Å². The minimum absolute atomic E-state index is 0.0870. The standard InChI is InChI=1S/C24H35N3O4/c28-17-20-3-1-2-13-26(20)16-12-25-23(29)18-6-8-21(9-7-18)31-22-10-14-27(15-11-22)24(30)19-4-5-19/h6-9,19-20,22,28H,1-5,10-17H2,(H,25,29)/t20-/m1/s1. The summed E-state index contributed by atoms with van der Waals surface area (Å²) in [6.07, 6.45) is 7.28. The normalized spacial score (nSPS) is 22.9. The van der Waals surface area contributed by atoms with Crippen LogP contribution in [-0.4, -0.2) is 78.2 Å². The molecule has 1 saturated carbocycles. The van der Waals surface area contributed by atoms with Gasteiger partial charge in [0.05, 0.1) is 6.61 Å². The summed E-state index contributed by atoms with van der Waals surface area (Å²) in [5, 5.41) is 12.5. The first-order chi connectivity index (χ1) is 15.1. The molecule has 2 N–H and O–H groups in total. The van der Waals surface area contributed by atoms with Crippen molar-refractivity contribution in [2.24, 2.45) is 5.92 Å². The topological polar surface area (TPSA) is 82.1 Å². The van der Waals surface area contributed by atoms with E-state index in [0.29, 0.717) is 18.0 Å². The van der Waals surface area contributed by atoms with E-state index < -0.39 is 0 Å². The minimum Gasteiger partial charge on any atom is -0.490 e. The number of hydrogen-bond donors (Lipinski definition) is 2. The van der Waals surface area contributed by atoms with Gasteiger partial charge < -0.3 is 20.1 Å². The molecule has 3 aliphatic rings. The van der Waals surface area contributed by atoms with Crippen molar-refractivity contribution in [2.75, 3.05) is 39.3 Å². The van der Waals surface area contributed by atoms with Crippen LogP contribution in [0.3, 0.4) is 0 Å². The van der Waals surface area contributed by atoms with E-state index in [1.807, 2.05) is 17.0 Å². The van der Waals surface area contributed by atoms with Crippen molar-refractivity contribution in [2.45, 2.75) is 57.1 Å². The van der Waals surface area contributed by atoms with Crippen LogP contribution < -0.4 is 10.1 Å². The van der Waals surface area contributed by atoms with Crippen LogP contribution in [0.15, 0.2) is 24.3 Å². The Morgan fingerprint density at radius 3 is 2.42 bits per heavy atom. The number of likely N-dealkylation sites (tertiary alicyclic amines) is 2. The fourth-order valence-corrected chi connectivity index (χ4v) is 4.64. The van der Waals surface area contributed by atoms with Crippen molar-refractivity contribution < 1.29 is 19.4 Å². The van der Waals surface area contributed by atoms with E-state index in [4.69, 9.17) is 4.74 Å². The minimum atomic E-state index is -0.0870. The van der Waals surface area contributed by atoms with Gasteiger partial charge in [0.15, 0.2) is 0 Å². The van der Waals surface area contributed by atoms with Crippen molar-refractivity contribution in [3.8, 4) is 5.75 Å². The summed E-state index contributed by atoms with van der Waals surface area (Å²) in [5.41, 5.74) is 0.620. The van der Waals surface area contributed by atoms with Crippen LogP contribution in [0.2, 0.25) is 0 Å². The fourth-order valence-electron chi connectivity index (χ4n) is 4.64. The molecule has 2 aliphatic heterocycles. The number of ether oxygens (including phenoxy) is 1. The predicted molar refractivity (Wildman–Crippen MR) is 118 cm³/mol. The maximum absolute atomic E-state index is 12.4. The highest BCUT2D eigenvalue weighted by Crippen LogP contribution is 2.32. The van der Waals surface area contributed by atoms with Crippen molar-refractivity contribution in [3.05, 3.63) is 29.8 Å². The lowest BCUT2D eigenvalue weighted by Crippen LogP contribution is -2.45. The highest BCUT2D eigenvalue weighted by atomic mass is 16.5. The molecule has 2 amide bonds. The lowest BCUT2D eigenvalue weighted by Gasteiger charge is -2.34. The average Bonchev–Trinajstić information content (AvgIpc) is 3.65. The first-order valence-corrected chi connectivity index (χ1v) is 11.8. The Hall–Kier alpha value is -2.12. The maximum Gasteiger partial charge on any atom is 0.251 e. The molecule has 1 aliphatic carbocycles. The number of benzene rings is 1. The third kappa shape index (κ3) is 5.98. The second-order valence-corrected chi connectivity index (χ2v) is 9.07. The smallest absolute Gasteiger partial charge is 0.251 e. The summed E-state index contributed by atoms with van der Waals surface area (Å²) < 4.78 is 6.08. The molecule has 2 heterocycles. The van der Waals surface area contributed by atoms with E-state index in [9.17, 15) is 14.7 Å². The van der Waals surface area contributed by atoms with Gasteiger partial charge in [0.1, 0.15) is 11.9 Å². The molecular formula is C24H35N3O4. The van der Waals surface area contributed by atoms with Crippen LogP contribution >= 0.6 is 0 Å². The number of nitrogens with zero attached hydrogens (tertiary/aromatic N) is 2. The van der Waals surface area contributed by atoms with Gasteiger partial charge in [-0.25, -0.2) is 0 Å². The largest absolute Gasteiger partial charge is 0.490 e. The zero-order chi connectivity index (χ0) is 21.6. The van der Waals surface area contributed by atoms with E-state index in [-0.39, 0.29) is 30.6 Å². The number of amides is 2. The molecule has 7 heteroatoms. The fraction of sp³-hybridized carbons (Fsp3) is 0.667. The maximum atomic E-state index is 12.4. The molecule has 170 valence electrons. The molecule has 0 spiro atoms. The Kier molecular flexibility index (Phi) is 7.45. The second kappa shape index (κ2) is 10.5. The van der Waals surface area contributed by atoms with Crippen molar-refractivity contribution in [3.63, 3.8) is 0 Å². The highest BCUT2D eigenvalue weighted by Gasteiger charge is 2.35. The lowest BCUT2D eigenvalue weighted by molar-refractivity contribution is -0.134. The number of aliphatic hydroxyl groups excluding tert-OH is 1. The molecule has 4 rings (SSSR count). The Labute approximate surface area is 184 Å². The summed E-state index contributed by atoms with van der Waals surface area (Å²) >= 11 is 0. The van der Waals surface area contributed by atoms with Crippen LogP contribution in [0.1, 0.15) is 55.3 Å². The van der Waals surface area contributed by atoms with Gasteiger partial charge in [-0.2, -0.15) is 0 Å². The number of aliphatic hydroxyl groups is 1. The van der Waals surface area contributed by atoms with E-state index in [2.05, 4.69) is 10.2 Å². The van der Waals surface area contributed by atoms with Gasteiger partial charge in [-0.3, -0.25) is 14.5 Å². The third-order valence-electron chi connectivity index (χ3n) is 6.74. The third-order valence-corrected chi connectivity index (χ3v) is 6.74. The summed E-state index contributed by atoms with van der Waals surface area (Å²) in [5.74, 6) is 1.28. The summed E-state index contributed by atoms with van der Waals surface area (Å²) in [7, 11) is 0. The number of carbonyl (C=O) groups is 2. The van der Waals surface area contributed by atoms with Crippen molar-refractivity contribution in [1.29, 1.82) is 0 Å². The average molecular weight is 430 g/mol. The van der Waals surface area contributed by atoms with E-state index in [1.54, 1.807) is 12.1 Å². The van der Waals surface area contributed by atoms with Gasteiger partial charge in [-0.1, -0.05) is 6.42 Å². The summed E-state index contributed by atoms with van der Waals surface area (Å²) in [4.78, 5) is 28.8. The molecule has 1 aromatic rings. The van der Waals surface area contributed by atoms with Gasteiger partial charge in [-0.05, 0) is 56.5 Å². The molecule has 1 atom stereocenters. The Morgan fingerprint density at radius 1 is 1.00 bits per heavy atom. The van der Waals surface area contributed by atoms with Crippen molar-refractivity contribution in [1.82, 2.24) is 15.1 Å².